The Labute approximate surface area is 85.9 Å². The van der Waals surface area contributed by atoms with Crippen molar-refractivity contribution in [2.75, 3.05) is 20.8 Å². The minimum Gasteiger partial charge on any atom is -0.480 e. The molecule has 14 heavy (non-hydrogen) atoms. The number of carboxylic acids is 1. The van der Waals surface area contributed by atoms with Crippen LogP contribution < -0.4 is 0 Å². The first-order chi connectivity index (χ1) is 6.41. The van der Waals surface area contributed by atoms with Gasteiger partial charge in [-0.2, -0.15) is 0 Å². The molecule has 0 spiro atoms. The van der Waals surface area contributed by atoms with Crippen LogP contribution in [0.4, 0.5) is 0 Å². The summed E-state index contributed by atoms with van der Waals surface area (Å²) in [5, 5.41) is 9.05. The number of likely N-dealkylation sites (N-methyl/N-ethyl adjacent to an activating group) is 1. The van der Waals surface area contributed by atoms with Crippen molar-refractivity contribution in [3.63, 3.8) is 0 Å². The monoisotopic (exact) mass is 203 g/mol. The van der Waals surface area contributed by atoms with Crippen molar-refractivity contribution >= 4 is 5.97 Å². The first-order valence-electron chi connectivity index (χ1n) is 4.85. The van der Waals surface area contributed by atoms with E-state index in [2.05, 4.69) is 0 Å². The third-order valence-electron chi connectivity index (χ3n) is 2.43. The molecule has 0 aromatic carbocycles. The van der Waals surface area contributed by atoms with Gasteiger partial charge in [0.1, 0.15) is 6.04 Å². The van der Waals surface area contributed by atoms with Gasteiger partial charge in [0, 0.05) is 13.2 Å². The van der Waals surface area contributed by atoms with Crippen LogP contribution in [0, 0.1) is 5.92 Å². The molecule has 0 heterocycles. The van der Waals surface area contributed by atoms with Gasteiger partial charge in [0.2, 0.25) is 0 Å². The van der Waals surface area contributed by atoms with Crippen molar-refractivity contribution in [2.24, 2.45) is 5.92 Å². The fourth-order valence-electron chi connectivity index (χ4n) is 1.56. The van der Waals surface area contributed by atoms with Crippen LogP contribution in [0.25, 0.3) is 0 Å². The Hall–Kier alpha value is -0.610. The molecule has 0 aromatic rings. The summed E-state index contributed by atoms with van der Waals surface area (Å²) in [4.78, 5) is 12.9. The number of nitrogens with zero attached hydrogens (tertiary/aromatic N) is 1. The molecule has 0 saturated carbocycles. The molecule has 4 heteroatoms. The zero-order valence-corrected chi connectivity index (χ0v) is 9.65. The minimum absolute atomic E-state index is 0.0943. The molecule has 0 fully saturated rings. The van der Waals surface area contributed by atoms with Gasteiger partial charge in [-0.05, 0) is 19.9 Å². The highest BCUT2D eigenvalue weighted by Gasteiger charge is 2.28. The molecule has 0 aliphatic carbocycles. The third kappa shape index (κ3) is 3.64. The van der Waals surface area contributed by atoms with Crippen molar-refractivity contribution in [3.05, 3.63) is 0 Å². The van der Waals surface area contributed by atoms with Gasteiger partial charge >= 0.3 is 5.97 Å². The topological polar surface area (TPSA) is 49.8 Å². The van der Waals surface area contributed by atoms with E-state index in [0.29, 0.717) is 6.61 Å². The van der Waals surface area contributed by atoms with Gasteiger partial charge in [-0.3, -0.25) is 9.69 Å². The zero-order valence-electron chi connectivity index (χ0n) is 9.65. The fraction of sp³-hybridized carbons (Fsp3) is 0.900. The Morgan fingerprint density at radius 1 is 1.43 bits per heavy atom. The van der Waals surface area contributed by atoms with Crippen LogP contribution in [0.5, 0.6) is 0 Å². The molecule has 84 valence electrons. The van der Waals surface area contributed by atoms with Crippen LogP contribution in [0.2, 0.25) is 0 Å². The quantitative estimate of drug-likeness (QED) is 0.701. The molecular weight excluding hydrogens is 182 g/mol. The van der Waals surface area contributed by atoms with E-state index in [9.17, 15) is 4.79 Å². The smallest absolute Gasteiger partial charge is 0.321 e. The summed E-state index contributed by atoms with van der Waals surface area (Å²) in [7, 11) is 3.44. The van der Waals surface area contributed by atoms with Gasteiger partial charge in [-0.15, -0.1) is 0 Å². The van der Waals surface area contributed by atoms with Crippen LogP contribution in [0.15, 0.2) is 0 Å². The average molecular weight is 203 g/mol. The van der Waals surface area contributed by atoms with Crippen molar-refractivity contribution in [3.8, 4) is 0 Å². The summed E-state index contributed by atoms with van der Waals surface area (Å²) in [5.74, 6) is -0.678. The van der Waals surface area contributed by atoms with Gasteiger partial charge in [0.05, 0.1) is 6.61 Å². The lowest BCUT2D eigenvalue weighted by Gasteiger charge is -2.32. The fourth-order valence-corrected chi connectivity index (χ4v) is 1.56. The molecule has 0 aromatic heterocycles. The van der Waals surface area contributed by atoms with E-state index >= 15 is 0 Å². The highest BCUT2D eigenvalue weighted by molar-refractivity contribution is 5.73. The van der Waals surface area contributed by atoms with E-state index < -0.39 is 12.0 Å². The van der Waals surface area contributed by atoms with Gasteiger partial charge in [-0.25, -0.2) is 0 Å². The SMILES string of the molecule is COCC(C)N(C)C(C(=O)O)C(C)C. The van der Waals surface area contributed by atoms with Gasteiger partial charge in [0.25, 0.3) is 0 Å². The van der Waals surface area contributed by atoms with Crippen LogP contribution in [0.3, 0.4) is 0 Å². The van der Waals surface area contributed by atoms with E-state index in [4.69, 9.17) is 9.84 Å². The average Bonchev–Trinajstić information content (AvgIpc) is 2.03. The Bertz CT molecular complexity index is 182. The predicted molar refractivity (Wildman–Crippen MR) is 55.4 cm³/mol. The highest BCUT2D eigenvalue weighted by Crippen LogP contribution is 2.12. The van der Waals surface area contributed by atoms with Gasteiger partial charge < -0.3 is 9.84 Å². The zero-order chi connectivity index (χ0) is 11.3. The summed E-state index contributed by atoms with van der Waals surface area (Å²) in [6, 6.07) is -0.330. The molecule has 0 amide bonds. The molecule has 0 rings (SSSR count). The highest BCUT2D eigenvalue weighted by atomic mass is 16.5. The number of carboxylic acid groups (broad SMARTS) is 1. The molecule has 0 saturated heterocycles. The molecule has 4 nitrogen and oxygen atoms in total. The Kier molecular flexibility index (Phi) is 5.72. The maximum Gasteiger partial charge on any atom is 0.321 e. The lowest BCUT2D eigenvalue weighted by atomic mass is 10.0. The Morgan fingerprint density at radius 3 is 2.21 bits per heavy atom. The molecule has 2 atom stereocenters. The number of rotatable bonds is 6. The van der Waals surface area contributed by atoms with E-state index in [0.717, 1.165) is 0 Å². The summed E-state index contributed by atoms with van der Waals surface area (Å²) in [5.41, 5.74) is 0. The number of carbonyl (C=O) groups is 1. The van der Waals surface area contributed by atoms with Crippen molar-refractivity contribution in [1.29, 1.82) is 0 Å². The summed E-state index contributed by atoms with van der Waals surface area (Å²) < 4.78 is 5.00. The van der Waals surface area contributed by atoms with E-state index in [1.807, 2.05) is 32.7 Å². The van der Waals surface area contributed by atoms with Crippen LogP contribution in [0.1, 0.15) is 20.8 Å². The van der Waals surface area contributed by atoms with Crippen LogP contribution >= 0.6 is 0 Å². The van der Waals surface area contributed by atoms with Crippen LogP contribution in [-0.4, -0.2) is 48.8 Å². The first kappa shape index (κ1) is 13.4. The molecule has 1 N–H and O–H groups in total. The van der Waals surface area contributed by atoms with E-state index in [-0.39, 0.29) is 12.0 Å². The predicted octanol–water partition coefficient (Wildman–Crippen LogP) is 1.06. The Balaban J connectivity index is 4.42. The molecule has 0 bridgehead atoms. The van der Waals surface area contributed by atoms with Crippen molar-refractivity contribution in [2.45, 2.75) is 32.9 Å². The maximum atomic E-state index is 11.0. The van der Waals surface area contributed by atoms with Crippen molar-refractivity contribution in [1.82, 2.24) is 4.90 Å². The number of ether oxygens (including phenoxy) is 1. The van der Waals surface area contributed by atoms with Crippen LogP contribution in [-0.2, 0) is 9.53 Å². The third-order valence-corrected chi connectivity index (χ3v) is 2.43. The molecule has 0 radical (unpaired) electrons. The molecule has 2 unspecified atom stereocenters. The number of aliphatic carboxylic acids is 1. The number of hydrogen-bond acceptors (Lipinski definition) is 3. The number of methoxy groups -OCH3 is 1. The number of hydrogen-bond donors (Lipinski definition) is 1. The molecule has 0 aliphatic heterocycles. The Morgan fingerprint density at radius 2 is 1.93 bits per heavy atom. The second kappa shape index (κ2) is 5.98. The first-order valence-corrected chi connectivity index (χ1v) is 4.85. The van der Waals surface area contributed by atoms with E-state index in [1.54, 1.807) is 7.11 Å². The summed E-state index contributed by atoms with van der Waals surface area (Å²) >= 11 is 0. The molecular formula is C10H21NO3. The van der Waals surface area contributed by atoms with Crippen molar-refractivity contribution < 1.29 is 14.6 Å². The molecule has 0 aliphatic rings. The normalized spacial score (nSPS) is 15.9. The second-order valence-corrected chi connectivity index (χ2v) is 4.00. The maximum absolute atomic E-state index is 11.0. The summed E-state index contributed by atoms with van der Waals surface area (Å²) in [6.07, 6.45) is 0. The largest absolute Gasteiger partial charge is 0.480 e. The van der Waals surface area contributed by atoms with E-state index in [1.165, 1.54) is 0 Å². The summed E-state index contributed by atoms with van der Waals surface area (Å²) in [6.45, 7) is 6.33. The van der Waals surface area contributed by atoms with Gasteiger partial charge in [0.15, 0.2) is 0 Å². The standard InChI is InChI=1S/C10H21NO3/c1-7(2)9(10(12)13)11(4)8(3)6-14-5/h7-9H,6H2,1-5H3,(H,12,13). The lowest BCUT2D eigenvalue weighted by molar-refractivity contribution is -0.145. The lowest BCUT2D eigenvalue weighted by Crippen LogP contribution is -2.48. The van der Waals surface area contributed by atoms with Gasteiger partial charge in [-0.1, -0.05) is 13.8 Å². The second-order valence-electron chi connectivity index (χ2n) is 4.00. The minimum atomic E-state index is -0.773.